The van der Waals surface area contributed by atoms with Crippen molar-refractivity contribution in [3.63, 3.8) is 0 Å². The number of imidazole rings is 1. The fraction of sp³-hybridized carbons (Fsp3) is 0.0833. The summed E-state index contributed by atoms with van der Waals surface area (Å²) in [5, 5.41) is 0.177. The van der Waals surface area contributed by atoms with Gasteiger partial charge in [-0.1, -0.05) is 11.6 Å². The van der Waals surface area contributed by atoms with E-state index in [0.717, 1.165) is 0 Å². The smallest absolute Gasteiger partial charge is 0.225 e. The zero-order chi connectivity index (χ0) is 14.1. The predicted molar refractivity (Wildman–Crippen MR) is 73.9 cm³/mol. The zero-order valence-electron chi connectivity index (χ0n) is 9.99. The number of aromatic nitrogens is 5. The summed E-state index contributed by atoms with van der Waals surface area (Å²) in [5.41, 5.74) is 1.41. The highest BCUT2D eigenvalue weighted by molar-refractivity contribution is 6.35. The van der Waals surface area contributed by atoms with E-state index in [9.17, 15) is 4.79 Å². The molecule has 0 bridgehead atoms. The molecule has 0 saturated heterocycles. The molecule has 6 nitrogen and oxygen atoms in total. The van der Waals surface area contributed by atoms with E-state index < -0.39 is 0 Å². The molecule has 0 spiro atoms. The number of carbonyl (C=O) groups is 1. The van der Waals surface area contributed by atoms with Crippen LogP contribution in [0.4, 0.5) is 0 Å². The summed E-state index contributed by atoms with van der Waals surface area (Å²) in [6.07, 6.45) is 4.62. The molecule has 0 atom stereocenters. The molecule has 0 aromatic carbocycles. The minimum absolute atomic E-state index is 0.0145. The molecule has 0 amide bonds. The van der Waals surface area contributed by atoms with Crippen LogP contribution in [0.2, 0.25) is 10.4 Å². The van der Waals surface area contributed by atoms with Gasteiger partial charge in [-0.2, -0.15) is 4.98 Å². The number of fused-ring (bicyclic) bond motifs is 1. The molecule has 0 radical (unpaired) electrons. The molecule has 0 aliphatic rings. The largest absolute Gasteiger partial charge is 0.307 e. The van der Waals surface area contributed by atoms with E-state index in [1.807, 2.05) is 0 Å². The highest BCUT2D eigenvalue weighted by Gasteiger charge is 2.14. The highest BCUT2D eigenvalue weighted by Crippen LogP contribution is 2.20. The van der Waals surface area contributed by atoms with Crippen LogP contribution < -0.4 is 0 Å². The maximum atomic E-state index is 12.1. The number of carbonyl (C=O) groups excluding carboxylic acids is 1. The van der Waals surface area contributed by atoms with Gasteiger partial charge in [-0.05, 0) is 23.7 Å². The molecule has 0 aliphatic heterocycles. The first-order valence-electron chi connectivity index (χ1n) is 5.62. The number of halogens is 2. The molecule has 0 saturated carbocycles. The van der Waals surface area contributed by atoms with Crippen LogP contribution in [0.5, 0.6) is 0 Å². The van der Waals surface area contributed by atoms with Crippen LogP contribution in [0.1, 0.15) is 10.4 Å². The zero-order valence-corrected chi connectivity index (χ0v) is 11.5. The van der Waals surface area contributed by atoms with Crippen molar-refractivity contribution in [3.8, 4) is 0 Å². The second-order valence-electron chi connectivity index (χ2n) is 3.99. The summed E-state index contributed by atoms with van der Waals surface area (Å²) in [5.74, 6) is -0.0856. The van der Waals surface area contributed by atoms with Crippen LogP contribution in [0.25, 0.3) is 11.2 Å². The third-order valence-corrected chi connectivity index (χ3v) is 3.14. The van der Waals surface area contributed by atoms with E-state index >= 15 is 0 Å². The number of rotatable bonds is 3. The van der Waals surface area contributed by atoms with Crippen molar-refractivity contribution >= 4 is 40.1 Å². The molecular weight excluding hydrogens is 301 g/mol. The van der Waals surface area contributed by atoms with Gasteiger partial charge in [-0.3, -0.25) is 9.78 Å². The summed E-state index contributed by atoms with van der Waals surface area (Å²) < 4.78 is 1.58. The number of pyridine rings is 1. The quantitative estimate of drug-likeness (QED) is 0.422. The molecule has 100 valence electrons. The Kier molecular flexibility index (Phi) is 3.33. The van der Waals surface area contributed by atoms with Crippen molar-refractivity contribution < 1.29 is 4.79 Å². The average molecular weight is 308 g/mol. The summed E-state index contributed by atoms with van der Waals surface area (Å²) in [7, 11) is 0. The van der Waals surface area contributed by atoms with Crippen molar-refractivity contribution in [3.05, 3.63) is 46.9 Å². The third-order valence-electron chi connectivity index (χ3n) is 2.71. The molecule has 3 rings (SSSR count). The average Bonchev–Trinajstić information content (AvgIpc) is 2.83. The number of Topliss-reactive ketones (excluding diaryl/α,β-unsaturated/α-hetero) is 1. The SMILES string of the molecule is O=C(Cn1cnc2c(Cl)nc(Cl)nc21)c1ccncc1. The lowest BCUT2D eigenvalue weighted by atomic mass is 10.2. The van der Waals surface area contributed by atoms with Crippen molar-refractivity contribution in [2.45, 2.75) is 6.54 Å². The molecular formula is C12H7Cl2N5O. The Balaban J connectivity index is 1.98. The van der Waals surface area contributed by atoms with Gasteiger partial charge in [0.05, 0.1) is 12.9 Å². The molecule has 0 aliphatic carbocycles. The van der Waals surface area contributed by atoms with Crippen LogP contribution in [-0.4, -0.2) is 30.3 Å². The Hall–Kier alpha value is -2.05. The second kappa shape index (κ2) is 5.15. The first-order valence-corrected chi connectivity index (χ1v) is 6.38. The Bertz CT molecular complexity index is 787. The van der Waals surface area contributed by atoms with Gasteiger partial charge in [0.2, 0.25) is 5.28 Å². The van der Waals surface area contributed by atoms with Gasteiger partial charge >= 0.3 is 0 Å². The van der Waals surface area contributed by atoms with Crippen LogP contribution in [0.3, 0.4) is 0 Å². The van der Waals surface area contributed by atoms with Crippen LogP contribution in [0, 0.1) is 0 Å². The van der Waals surface area contributed by atoms with Gasteiger partial charge < -0.3 is 4.57 Å². The lowest BCUT2D eigenvalue weighted by Gasteiger charge is -2.03. The van der Waals surface area contributed by atoms with Crippen molar-refractivity contribution in [2.24, 2.45) is 0 Å². The van der Waals surface area contributed by atoms with Gasteiger partial charge in [-0.25, -0.2) is 9.97 Å². The van der Waals surface area contributed by atoms with Crippen LogP contribution in [0.15, 0.2) is 30.9 Å². The topological polar surface area (TPSA) is 73.6 Å². The standard InChI is InChI=1S/C12H7Cl2N5O/c13-10-9-11(18-12(14)17-10)19(6-16-9)5-8(20)7-1-3-15-4-2-7/h1-4,6H,5H2. The van der Waals surface area contributed by atoms with Gasteiger partial charge in [0.15, 0.2) is 16.6 Å². The minimum atomic E-state index is -0.0856. The minimum Gasteiger partial charge on any atom is -0.307 e. The normalized spacial score (nSPS) is 10.9. The van der Waals surface area contributed by atoms with Gasteiger partial charge in [0, 0.05) is 18.0 Å². The Labute approximate surface area is 123 Å². The lowest BCUT2D eigenvalue weighted by Crippen LogP contribution is -2.10. The van der Waals surface area contributed by atoms with Crippen molar-refractivity contribution in [1.29, 1.82) is 0 Å². The molecule has 0 fully saturated rings. The lowest BCUT2D eigenvalue weighted by molar-refractivity contribution is 0.0973. The number of hydrogen-bond donors (Lipinski definition) is 0. The molecule has 3 aromatic rings. The van der Waals surface area contributed by atoms with Crippen molar-refractivity contribution in [2.75, 3.05) is 0 Å². The Morgan fingerprint density at radius 1 is 1.20 bits per heavy atom. The molecule has 0 unspecified atom stereocenters. The first-order chi connectivity index (χ1) is 9.65. The van der Waals surface area contributed by atoms with E-state index in [1.54, 1.807) is 29.1 Å². The summed E-state index contributed by atoms with van der Waals surface area (Å²) in [6.45, 7) is 0.0875. The molecule has 20 heavy (non-hydrogen) atoms. The van der Waals surface area contributed by atoms with Crippen LogP contribution in [-0.2, 0) is 6.54 Å². The number of nitrogens with zero attached hydrogens (tertiary/aromatic N) is 5. The van der Waals surface area contributed by atoms with E-state index in [-0.39, 0.29) is 22.8 Å². The third kappa shape index (κ3) is 2.35. The van der Waals surface area contributed by atoms with E-state index in [0.29, 0.717) is 16.7 Å². The molecule has 3 aromatic heterocycles. The van der Waals surface area contributed by atoms with E-state index in [2.05, 4.69) is 19.9 Å². The molecule has 0 N–H and O–H groups in total. The van der Waals surface area contributed by atoms with Gasteiger partial charge in [-0.15, -0.1) is 0 Å². The Morgan fingerprint density at radius 3 is 2.70 bits per heavy atom. The first kappa shape index (κ1) is 13.0. The second-order valence-corrected chi connectivity index (χ2v) is 4.68. The van der Waals surface area contributed by atoms with E-state index in [1.165, 1.54) is 6.33 Å². The fourth-order valence-corrected chi connectivity index (χ4v) is 2.21. The maximum Gasteiger partial charge on any atom is 0.225 e. The highest BCUT2D eigenvalue weighted by atomic mass is 35.5. The Morgan fingerprint density at radius 2 is 1.95 bits per heavy atom. The fourth-order valence-electron chi connectivity index (χ4n) is 1.78. The summed E-state index contributed by atoms with van der Waals surface area (Å²) in [4.78, 5) is 28.0. The number of ketones is 1. The summed E-state index contributed by atoms with van der Waals surface area (Å²) in [6, 6.07) is 3.30. The van der Waals surface area contributed by atoms with Gasteiger partial charge in [0.25, 0.3) is 0 Å². The number of hydrogen-bond acceptors (Lipinski definition) is 5. The van der Waals surface area contributed by atoms with E-state index in [4.69, 9.17) is 23.2 Å². The van der Waals surface area contributed by atoms with Crippen LogP contribution >= 0.6 is 23.2 Å². The molecule has 8 heteroatoms. The predicted octanol–water partition coefficient (Wildman–Crippen LogP) is 2.41. The molecule has 3 heterocycles. The monoisotopic (exact) mass is 307 g/mol. The van der Waals surface area contributed by atoms with Gasteiger partial charge in [0.1, 0.15) is 5.52 Å². The summed E-state index contributed by atoms with van der Waals surface area (Å²) >= 11 is 11.7. The van der Waals surface area contributed by atoms with Crippen molar-refractivity contribution in [1.82, 2.24) is 24.5 Å². The maximum absolute atomic E-state index is 12.1.